The molecule has 162 valence electrons. The van der Waals surface area contributed by atoms with Gasteiger partial charge in [-0.25, -0.2) is 4.98 Å². The molecule has 1 fully saturated rings. The molecule has 10 heteroatoms. The Balaban J connectivity index is 1.50. The summed E-state index contributed by atoms with van der Waals surface area (Å²) in [6.07, 6.45) is 7.82. The fraction of sp³-hybridized carbons (Fsp3) is 0.429. The maximum Gasteiger partial charge on any atom is 0.433 e. The smallest absolute Gasteiger partial charge is 0.401 e. The number of furan rings is 1. The lowest BCUT2D eigenvalue weighted by Gasteiger charge is -2.15. The topological polar surface area (TPSA) is 100 Å². The maximum absolute atomic E-state index is 13.5. The number of hydrogen-bond donors (Lipinski definition) is 0. The standard InChI is InChI=1S/C21H21N3O5S2/c25-20-18-15-5-1-2-6-16(15)31-19(18)22-21(23(20)12-14-4-3-10-28-14)30-11-9-13-7-8-17(29-13)24(26)27/h7-9,11,14H,1-6,10,12H2/b11-9+. The molecule has 0 amide bonds. The molecular formula is C21H21N3O5S2. The van der Waals surface area contributed by atoms with Gasteiger partial charge >= 0.3 is 5.88 Å². The predicted octanol–water partition coefficient (Wildman–Crippen LogP) is 4.78. The first-order valence-corrected chi connectivity index (χ1v) is 12.0. The number of fused-ring (bicyclic) bond motifs is 3. The number of nitro groups is 1. The van der Waals surface area contributed by atoms with Crippen molar-refractivity contribution in [3.63, 3.8) is 0 Å². The van der Waals surface area contributed by atoms with E-state index in [-0.39, 0.29) is 17.5 Å². The molecular weight excluding hydrogens is 438 g/mol. The summed E-state index contributed by atoms with van der Waals surface area (Å²) in [5.41, 5.74) is 1.18. The number of ether oxygens (including phenoxy) is 1. The Morgan fingerprint density at radius 3 is 2.97 bits per heavy atom. The summed E-state index contributed by atoms with van der Waals surface area (Å²) in [6, 6.07) is 2.86. The minimum absolute atomic E-state index is 0.00411. The van der Waals surface area contributed by atoms with Gasteiger partial charge in [0.25, 0.3) is 5.56 Å². The highest BCUT2D eigenvalue weighted by molar-refractivity contribution is 8.02. The molecule has 5 rings (SSSR count). The Bertz CT molecular complexity index is 1220. The molecule has 0 bridgehead atoms. The number of thioether (sulfide) groups is 1. The zero-order valence-electron chi connectivity index (χ0n) is 16.7. The van der Waals surface area contributed by atoms with E-state index in [0.717, 1.165) is 55.3 Å². The van der Waals surface area contributed by atoms with Crippen LogP contribution < -0.4 is 5.56 Å². The van der Waals surface area contributed by atoms with Crippen LogP contribution >= 0.6 is 23.1 Å². The Morgan fingerprint density at radius 1 is 1.32 bits per heavy atom. The van der Waals surface area contributed by atoms with E-state index in [4.69, 9.17) is 14.1 Å². The first kappa shape index (κ1) is 20.5. The molecule has 0 aromatic carbocycles. The van der Waals surface area contributed by atoms with Crippen LogP contribution in [0.1, 0.15) is 41.9 Å². The minimum atomic E-state index is -0.572. The highest BCUT2D eigenvalue weighted by Crippen LogP contribution is 2.35. The third kappa shape index (κ3) is 4.07. The van der Waals surface area contributed by atoms with Crippen molar-refractivity contribution in [2.45, 2.75) is 56.3 Å². The lowest BCUT2D eigenvalue weighted by Crippen LogP contribution is -2.28. The zero-order chi connectivity index (χ0) is 21.4. The summed E-state index contributed by atoms with van der Waals surface area (Å²) in [7, 11) is 0. The van der Waals surface area contributed by atoms with Crippen molar-refractivity contribution in [1.82, 2.24) is 9.55 Å². The number of nitrogens with zero attached hydrogens (tertiary/aromatic N) is 3. The van der Waals surface area contributed by atoms with Crippen LogP contribution in [0.3, 0.4) is 0 Å². The zero-order valence-corrected chi connectivity index (χ0v) is 18.4. The molecule has 31 heavy (non-hydrogen) atoms. The highest BCUT2D eigenvalue weighted by Gasteiger charge is 2.24. The third-order valence-electron chi connectivity index (χ3n) is 5.65. The average Bonchev–Trinajstić information content (AvgIpc) is 3.50. The van der Waals surface area contributed by atoms with E-state index in [2.05, 4.69) is 0 Å². The lowest BCUT2D eigenvalue weighted by atomic mass is 9.97. The minimum Gasteiger partial charge on any atom is -0.401 e. The Labute approximate surface area is 186 Å². The number of aromatic nitrogens is 2. The van der Waals surface area contributed by atoms with Gasteiger partial charge in [-0.2, -0.15) is 0 Å². The monoisotopic (exact) mass is 459 g/mol. The van der Waals surface area contributed by atoms with Gasteiger partial charge in [0.1, 0.15) is 15.5 Å². The van der Waals surface area contributed by atoms with Gasteiger partial charge in [0.15, 0.2) is 5.16 Å². The van der Waals surface area contributed by atoms with Crippen molar-refractivity contribution in [2.75, 3.05) is 6.61 Å². The van der Waals surface area contributed by atoms with Gasteiger partial charge in [-0.05, 0) is 61.6 Å². The number of rotatable bonds is 6. The molecule has 3 aromatic heterocycles. The van der Waals surface area contributed by atoms with Crippen LogP contribution in [0.5, 0.6) is 0 Å². The van der Waals surface area contributed by atoms with E-state index in [9.17, 15) is 14.9 Å². The van der Waals surface area contributed by atoms with Crippen molar-refractivity contribution in [2.24, 2.45) is 0 Å². The van der Waals surface area contributed by atoms with E-state index in [1.54, 1.807) is 33.5 Å². The number of aryl methyl sites for hydroxylation is 2. The highest BCUT2D eigenvalue weighted by atomic mass is 32.2. The predicted molar refractivity (Wildman–Crippen MR) is 120 cm³/mol. The van der Waals surface area contributed by atoms with Gasteiger partial charge in [0, 0.05) is 11.5 Å². The first-order valence-electron chi connectivity index (χ1n) is 10.3. The molecule has 1 aliphatic heterocycles. The van der Waals surface area contributed by atoms with Crippen molar-refractivity contribution in [3.8, 4) is 0 Å². The van der Waals surface area contributed by atoms with Crippen LogP contribution in [0.2, 0.25) is 0 Å². The summed E-state index contributed by atoms with van der Waals surface area (Å²) in [4.78, 5) is 30.7. The maximum atomic E-state index is 13.5. The number of thiophene rings is 1. The normalized spacial score (nSPS) is 18.8. The summed E-state index contributed by atoms with van der Waals surface area (Å²) in [6.45, 7) is 1.21. The molecule has 2 aliphatic rings. The lowest BCUT2D eigenvalue weighted by molar-refractivity contribution is -0.402. The quantitative estimate of drug-likeness (QED) is 0.226. The summed E-state index contributed by atoms with van der Waals surface area (Å²) in [5, 5.41) is 13.9. The van der Waals surface area contributed by atoms with Crippen molar-refractivity contribution < 1.29 is 14.1 Å². The molecule has 1 unspecified atom stereocenters. The van der Waals surface area contributed by atoms with Crippen LogP contribution in [0, 0.1) is 10.1 Å². The van der Waals surface area contributed by atoms with Crippen molar-refractivity contribution in [1.29, 1.82) is 0 Å². The van der Waals surface area contributed by atoms with E-state index in [1.165, 1.54) is 28.3 Å². The fourth-order valence-electron chi connectivity index (χ4n) is 4.15. The summed E-state index contributed by atoms with van der Waals surface area (Å²) >= 11 is 2.94. The second kappa shape index (κ2) is 8.60. The van der Waals surface area contributed by atoms with Crippen LogP contribution in [-0.4, -0.2) is 27.2 Å². The molecule has 8 nitrogen and oxygen atoms in total. The van der Waals surface area contributed by atoms with Crippen LogP contribution in [0.4, 0.5) is 5.88 Å². The third-order valence-corrected chi connectivity index (χ3v) is 7.63. The first-order chi connectivity index (χ1) is 15.1. The SMILES string of the molecule is O=c1c2c3c(sc2nc(S/C=C/c2ccc([N+](=O)[O-])o2)n1CC1CCCO1)CCCC3. The van der Waals surface area contributed by atoms with E-state index >= 15 is 0 Å². The van der Waals surface area contributed by atoms with Crippen molar-refractivity contribution in [3.05, 3.63) is 54.2 Å². The van der Waals surface area contributed by atoms with Crippen LogP contribution in [0.15, 0.2) is 31.9 Å². The molecule has 0 saturated carbocycles. The summed E-state index contributed by atoms with van der Waals surface area (Å²) < 4.78 is 12.7. The van der Waals surface area contributed by atoms with Gasteiger partial charge in [-0.1, -0.05) is 11.8 Å². The number of hydrogen-bond acceptors (Lipinski definition) is 8. The van der Waals surface area contributed by atoms with E-state index in [1.807, 2.05) is 0 Å². The molecule has 0 N–H and O–H groups in total. The molecule has 1 atom stereocenters. The Hall–Kier alpha value is -2.43. The van der Waals surface area contributed by atoms with E-state index < -0.39 is 4.92 Å². The van der Waals surface area contributed by atoms with Crippen LogP contribution in [-0.2, 0) is 24.1 Å². The van der Waals surface area contributed by atoms with Gasteiger partial charge in [0.05, 0.1) is 24.1 Å². The molecule has 0 spiro atoms. The Kier molecular flexibility index (Phi) is 5.68. The second-order valence-corrected chi connectivity index (χ2v) is 9.65. The van der Waals surface area contributed by atoms with Gasteiger partial charge in [-0.15, -0.1) is 11.3 Å². The molecule has 1 saturated heterocycles. The fourth-order valence-corrected chi connectivity index (χ4v) is 6.22. The molecule has 3 aromatic rings. The van der Waals surface area contributed by atoms with Crippen LogP contribution in [0.25, 0.3) is 16.3 Å². The van der Waals surface area contributed by atoms with Gasteiger partial charge < -0.3 is 9.15 Å². The molecule has 1 aliphatic carbocycles. The average molecular weight is 460 g/mol. The second-order valence-electron chi connectivity index (χ2n) is 7.69. The largest absolute Gasteiger partial charge is 0.433 e. The summed E-state index contributed by atoms with van der Waals surface area (Å²) in [5.74, 6) is 0.0727. The molecule has 0 radical (unpaired) electrons. The van der Waals surface area contributed by atoms with Gasteiger partial charge in [-0.3, -0.25) is 19.5 Å². The van der Waals surface area contributed by atoms with E-state index in [0.29, 0.717) is 17.5 Å². The molecule has 4 heterocycles. The Morgan fingerprint density at radius 2 is 2.19 bits per heavy atom. The van der Waals surface area contributed by atoms with Gasteiger partial charge in [0.2, 0.25) is 0 Å². The van der Waals surface area contributed by atoms with Crippen molar-refractivity contribution >= 4 is 45.3 Å².